The average molecular weight is 372 g/mol. The maximum absolute atomic E-state index is 12.0. The van der Waals surface area contributed by atoms with Gasteiger partial charge < -0.3 is 14.6 Å². The van der Waals surface area contributed by atoms with Crippen LogP contribution in [0.2, 0.25) is 0 Å². The summed E-state index contributed by atoms with van der Waals surface area (Å²) in [5.74, 6) is -0.482. The fourth-order valence-corrected chi connectivity index (χ4v) is 2.69. The van der Waals surface area contributed by atoms with Crippen LogP contribution < -0.4 is 5.32 Å². The number of aryl methyl sites for hydroxylation is 2. The Labute approximate surface area is 158 Å². The van der Waals surface area contributed by atoms with E-state index in [1.54, 1.807) is 13.8 Å². The molecule has 0 saturated heterocycles. The molecule has 0 radical (unpaired) electrons. The van der Waals surface area contributed by atoms with Gasteiger partial charge in [0.25, 0.3) is 5.91 Å². The lowest BCUT2D eigenvalue weighted by Crippen LogP contribution is -2.43. The molecule has 0 unspecified atom stereocenters. The van der Waals surface area contributed by atoms with Crippen LogP contribution in [-0.2, 0) is 32.0 Å². The third-order valence-electron chi connectivity index (χ3n) is 4.23. The summed E-state index contributed by atoms with van der Waals surface area (Å²) in [5, 5.41) is 6.45. The number of aromatic nitrogens is 1. The van der Waals surface area contributed by atoms with Gasteiger partial charge in [0, 0.05) is 12.0 Å². The first-order valence-electron chi connectivity index (χ1n) is 8.78. The Balaban J connectivity index is 1.78. The molecule has 1 heterocycles. The van der Waals surface area contributed by atoms with Crippen LogP contribution in [0.15, 0.2) is 34.9 Å². The number of ether oxygens (including phenoxy) is 1. The van der Waals surface area contributed by atoms with Gasteiger partial charge in [0.15, 0.2) is 12.4 Å². The number of carbonyl (C=O) groups excluding carboxylic acids is 3. The Bertz CT molecular complexity index is 778. The lowest BCUT2D eigenvalue weighted by Gasteiger charge is -2.16. The van der Waals surface area contributed by atoms with Crippen molar-refractivity contribution in [3.05, 3.63) is 52.9 Å². The lowest BCUT2D eigenvalue weighted by molar-refractivity contribution is -0.148. The van der Waals surface area contributed by atoms with Crippen molar-refractivity contribution in [1.29, 1.82) is 0 Å². The number of hydrogen-bond donors (Lipinski definition) is 1. The summed E-state index contributed by atoms with van der Waals surface area (Å²) in [5.41, 5.74) is 2.55. The molecule has 0 saturated carbocycles. The van der Waals surface area contributed by atoms with Gasteiger partial charge in [-0.15, -0.1) is 0 Å². The first kappa shape index (κ1) is 20.4. The Morgan fingerprint density at radius 2 is 1.89 bits per heavy atom. The van der Waals surface area contributed by atoms with Crippen LogP contribution in [0, 0.1) is 13.8 Å². The van der Waals surface area contributed by atoms with E-state index in [0.717, 1.165) is 16.8 Å². The lowest BCUT2D eigenvalue weighted by atomic mass is 10.0. The Kier molecular flexibility index (Phi) is 7.28. The van der Waals surface area contributed by atoms with Crippen molar-refractivity contribution in [1.82, 2.24) is 10.5 Å². The highest BCUT2D eigenvalue weighted by Crippen LogP contribution is 2.14. The number of nitrogens with one attached hydrogen (secondary N) is 1. The van der Waals surface area contributed by atoms with Crippen LogP contribution in [0.4, 0.5) is 0 Å². The highest BCUT2D eigenvalue weighted by Gasteiger charge is 2.19. The molecule has 27 heavy (non-hydrogen) atoms. The van der Waals surface area contributed by atoms with Crippen LogP contribution in [0.5, 0.6) is 0 Å². The summed E-state index contributed by atoms with van der Waals surface area (Å²) in [7, 11) is 0. The molecule has 1 N–H and O–H groups in total. The first-order valence-corrected chi connectivity index (χ1v) is 8.78. The minimum Gasteiger partial charge on any atom is -0.456 e. The molecule has 2 rings (SSSR count). The monoisotopic (exact) mass is 372 g/mol. The maximum Gasteiger partial charge on any atom is 0.306 e. The van der Waals surface area contributed by atoms with E-state index in [2.05, 4.69) is 10.5 Å². The number of ketones is 1. The predicted molar refractivity (Wildman–Crippen MR) is 98.0 cm³/mol. The normalized spacial score (nSPS) is 11.7. The second kappa shape index (κ2) is 9.66. The minimum absolute atomic E-state index is 0.121. The molecule has 1 aromatic heterocycles. The van der Waals surface area contributed by atoms with E-state index < -0.39 is 24.5 Å². The number of hydrogen-bond acceptors (Lipinski definition) is 6. The summed E-state index contributed by atoms with van der Waals surface area (Å²) in [6, 6.07) is 8.74. The maximum atomic E-state index is 12.0. The molecule has 1 amide bonds. The van der Waals surface area contributed by atoms with Crippen LogP contribution in [0.1, 0.15) is 35.9 Å². The van der Waals surface area contributed by atoms with Crippen LogP contribution in [0.25, 0.3) is 0 Å². The van der Waals surface area contributed by atoms with Crippen molar-refractivity contribution in [2.75, 3.05) is 6.61 Å². The van der Waals surface area contributed by atoms with E-state index in [0.29, 0.717) is 18.6 Å². The smallest absolute Gasteiger partial charge is 0.306 e. The zero-order chi connectivity index (χ0) is 19.8. The van der Waals surface area contributed by atoms with E-state index >= 15 is 0 Å². The van der Waals surface area contributed by atoms with Gasteiger partial charge in [0.2, 0.25) is 0 Å². The van der Waals surface area contributed by atoms with Gasteiger partial charge >= 0.3 is 5.97 Å². The predicted octanol–water partition coefficient (Wildman–Crippen LogP) is 2.08. The number of rotatable bonds is 9. The molecular formula is C20H24N2O5. The molecule has 0 aliphatic heterocycles. The number of esters is 1. The van der Waals surface area contributed by atoms with Gasteiger partial charge in [-0.1, -0.05) is 35.5 Å². The molecule has 1 aromatic carbocycles. The number of carbonyl (C=O) groups is 3. The SMILES string of the molecule is CC(=O)[C@@H](Cc1ccccc1)NC(=O)COC(=O)CCc1c(C)noc1C. The number of benzene rings is 1. The third kappa shape index (κ3) is 6.36. The van der Waals surface area contributed by atoms with Gasteiger partial charge in [-0.25, -0.2) is 0 Å². The van der Waals surface area contributed by atoms with Crippen molar-refractivity contribution in [3.8, 4) is 0 Å². The summed E-state index contributed by atoms with van der Waals surface area (Å²) in [6.07, 6.45) is 0.948. The van der Waals surface area contributed by atoms with E-state index in [4.69, 9.17) is 9.26 Å². The summed E-state index contributed by atoms with van der Waals surface area (Å²) < 4.78 is 10.0. The highest BCUT2D eigenvalue weighted by molar-refractivity contribution is 5.88. The standard InChI is InChI=1S/C20H24N2O5/c1-13-17(15(3)27-22-13)9-10-20(25)26-12-19(24)21-18(14(2)23)11-16-7-5-4-6-8-16/h4-8,18H,9-12H2,1-3H3,(H,21,24)/t18-/m1/s1. The van der Waals surface area contributed by atoms with E-state index in [-0.39, 0.29) is 12.2 Å². The first-order chi connectivity index (χ1) is 12.9. The molecule has 0 aliphatic carbocycles. The van der Waals surface area contributed by atoms with Gasteiger partial charge in [0.1, 0.15) is 5.76 Å². The van der Waals surface area contributed by atoms with Gasteiger partial charge in [-0.3, -0.25) is 14.4 Å². The third-order valence-corrected chi connectivity index (χ3v) is 4.23. The van der Waals surface area contributed by atoms with Gasteiger partial charge in [-0.05, 0) is 39.2 Å². The molecule has 7 heteroatoms. The van der Waals surface area contributed by atoms with Gasteiger partial charge in [0.05, 0.1) is 11.7 Å². The Morgan fingerprint density at radius 3 is 2.48 bits per heavy atom. The zero-order valence-corrected chi connectivity index (χ0v) is 15.8. The fraction of sp³-hybridized carbons (Fsp3) is 0.400. The molecule has 0 fully saturated rings. The molecule has 7 nitrogen and oxygen atoms in total. The Morgan fingerprint density at radius 1 is 1.19 bits per heavy atom. The van der Waals surface area contributed by atoms with Crippen LogP contribution in [-0.4, -0.2) is 35.5 Å². The van der Waals surface area contributed by atoms with Gasteiger partial charge in [-0.2, -0.15) is 0 Å². The van der Waals surface area contributed by atoms with Crippen molar-refractivity contribution in [2.45, 2.75) is 46.1 Å². The fourth-order valence-electron chi connectivity index (χ4n) is 2.69. The minimum atomic E-state index is -0.652. The number of nitrogens with zero attached hydrogens (tertiary/aromatic N) is 1. The summed E-state index contributed by atoms with van der Waals surface area (Å²) >= 11 is 0. The second-order valence-electron chi connectivity index (χ2n) is 6.38. The molecule has 2 aromatic rings. The highest BCUT2D eigenvalue weighted by atomic mass is 16.5. The number of amides is 1. The molecule has 0 aliphatic rings. The molecule has 0 spiro atoms. The summed E-state index contributed by atoms with van der Waals surface area (Å²) in [6.45, 7) is 4.59. The second-order valence-corrected chi connectivity index (χ2v) is 6.38. The largest absolute Gasteiger partial charge is 0.456 e. The van der Waals surface area contributed by atoms with Crippen molar-refractivity contribution < 1.29 is 23.6 Å². The van der Waals surface area contributed by atoms with Crippen LogP contribution >= 0.6 is 0 Å². The molecule has 1 atom stereocenters. The zero-order valence-electron chi connectivity index (χ0n) is 15.8. The molecule has 144 valence electrons. The van der Waals surface area contributed by atoms with Crippen LogP contribution in [0.3, 0.4) is 0 Å². The molecular weight excluding hydrogens is 348 g/mol. The average Bonchev–Trinajstić information content (AvgIpc) is 2.96. The quantitative estimate of drug-likeness (QED) is 0.677. The molecule has 0 bridgehead atoms. The van der Waals surface area contributed by atoms with Crippen molar-refractivity contribution in [2.24, 2.45) is 0 Å². The topological polar surface area (TPSA) is 98.5 Å². The van der Waals surface area contributed by atoms with Crippen molar-refractivity contribution in [3.63, 3.8) is 0 Å². The number of Topliss-reactive ketones (excluding diaryl/α,β-unsaturated/α-hetero) is 1. The Hall–Kier alpha value is -2.96. The van der Waals surface area contributed by atoms with E-state index in [1.165, 1.54) is 6.92 Å². The van der Waals surface area contributed by atoms with E-state index in [9.17, 15) is 14.4 Å². The van der Waals surface area contributed by atoms with Crippen molar-refractivity contribution >= 4 is 17.7 Å². The van der Waals surface area contributed by atoms with E-state index in [1.807, 2.05) is 30.3 Å². The summed E-state index contributed by atoms with van der Waals surface area (Å²) in [4.78, 5) is 35.7.